The number of carbonyl (C=O) groups is 1. The Labute approximate surface area is 107 Å². The third kappa shape index (κ3) is 5.20. The van der Waals surface area contributed by atoms with Gasteiger partial charge >= 0.3 is 7.12 Å². The summed E-state index contributed by atoms with van der Waals surface area (Å²) in [5.41, 5.74) is 11.9. The molecule has 0 aliphatic rings. The van der Waals surface area contributed by atoms with Gasteiger partial charge in [0.25, 0.3) is 5.97 Å². The summed E-state index contributed by atoms with van der Waals surface area (Å²) in [6.07, 6.45) is 2.80. The summed E-state index contributed by atoms with van der Waals surface area (Å²) in [6.45, 7) is 0.626. The summed E-state index contributed by atoms with van der Waals surface area (Å²) >= 11 is 0. The van der Waals surface area contributed by atoms with Crippen LogP contribution in [0.15, 0.2) is 24.3 Å². The van der Waals surface area contributed by atoms with Crippen LogP contribution in [0.5, 0.6) is 0 Å². The van der Waals surface area contributed by atoms with Crippen molar-refractivity contribution in [3.63, 3.8) is 0 Å². The van der Waals surface area contributed by atoms with Crippen LogP contribution in [0.25, 0.3) is 0 Å². The molecule has 0 atom stereocenters. The van der Waals surface area contributed by atoms with Crippen molar-refractivity contribution in [3.05, 3.63) is 24.3 Å². The Morgan fingerprint density at radius 3 is 2.78 bits per heavy atom. The molecule has 0 aliphatic heterocycles. The van der Waals surface area contributed by atoms with Gasteiger partial charge in [-0.05, 0) is 37.0 Å². The van der Waals surface area contributed by atoms with Gasteiger partial charge in [-0.1, -0.05) is 18.6 Å². The van der Waals surface area contributed by atoms with Gasteiger partial charge in [0, 0.05) is 12.1 Å². The average molecular weight is 250 g/mol. The Kier molecular flexibility index (Phi) is 6.25. The van der Waals surface area contributed by atoms with Gasteiger partial charge in [-0.3, -0.25) is 4.79 Å². The summed E-state index contributed by atoms with van der Waals surface area (Å²) in [4.78, 5) is 11.4. The third-order valence-corrected chi connectivity index (χ3v) is 2.52. The number of hydrogen-bond acceptors (Lipinski definition) is 5. The molecule has 0 radical (unpaired) electrons. The Bertz CT molecular complexity index is 387. The fourth-order valence-corrected chi connectivity index (χ4v) is 1.55. The molecule has 0 aromatic heterocycles. The summed E-state index contributed by atoms with van der Waals surface area (Å²) in [5, 5.41) is 9.70. The standard InChI is InChI=1S/C12H19BN2O3/c14-8-3-1-2-7-12(16)18-13(17)10-5-4-6-11(15)9-10/h4-6,9,17H,1-3,7-8,14-15H2. The van der Waals surface area contributed by atoms with Crippen molar-refractivity contribution < 1.29 is 14.5 Å². The fourth-order valence-electron chi connectivity index (χ4n) is 1.55. The highest BCUT2D eigenvalue weighted by atomic mass is 16.6. The van der Waals surface area contributed by atoms with E-state index in [1.807, 2.05) is 0 Å². The van der Waals surface area contributed by atoms with Crippen molar-refractivity contribution in [1.82, 2.24) is 0 Å². The highest BCUT2D eigenvalue weighted by molar-refractivity contribution is 6.61. The van der Waals surface area contributed by atoms with Gasteiger partial charge in [-0.2, -0.15) is 0 Å². The lowest BCUT2D eigenvalue weighted by Gasteiger charge is -2.09. The van der Waals surface area contributed by atoms with Crippen molar-refractivity contribution in [1.29, 1.82) is 0 Å². The molecule has 1 aromatic rings. The maximum absolute atomic E-state index is 11.4. The number of nitrogen functional groups attached to an aromatic ring is 1. The Morgan fingerprint density at radius 1 is 1.33 bits per heavy atom. The lowest BCUT2D eigenvalue weighted by Crippen LogP contribution is -2.35. The van der Waals surface area contributed by atoms with Crippen LogP contribution in [0.3, 0.4) is 0 Å². The maximum Gasteiger partial charge on any atom is 0.562 e. The van der Waals surface area contributed by atoms with Gasteiger partial charge in [0.2, 0.25) is 0 Å². The van der Waals surface area contributed by atoms with E-state index in [9.17, 15) is 9.82 Å². The van der Waals surface area contributed by atoms with Gasteiger partial charge in [-0.25, -0.2) is 0 Å². The molecule has 18 heavy (non-hydrogen) atoms. The van der Waals surface area contributed by atoms with Crippen LogP contribution >= 0.6 is 0 Å². The summed E-state index contributed by atoms with van der Waals surface area (Å²) < 4.78 is 4.90. The number of anilines is 1. The maximum atomic E-state index is 11.4. The second-order valence-corrected chi connectivity index (χ2v) is 4.11. The Balaban J connectivity index is 2.35. The van der Waals surface area contributed by atoms with Gasteiger partial charge in [0.1, 0.15) is 0 Å². The van der Waals surface area contributed by atoms with Crippen LogP contribution in [0.4, 0.5) is 5.69 Å². The summed E-state index contributed by atoms with van der Waals surface area (Å²) in [6, 6.07) is 6.63. The van der Waals surface area contributed by atoms with E-state index in [4.69, 9.17) is 16.1 Å². The number of hydrogen-bond donors (Lipinski definition) is 3. The Morgan fingerprint density at radius 2 is 2.11 bits per heavy atom. The minimum Gasteiger partial charge on any atom is -0.506 e. The molecule has 0 bridgehead atoms. The van der Waals surface area contributed by atoms with Crippen LogP contribution in [0, 0.1) is 0 Å². The highest BCUT2D eigenvalue weighted by Gasteiger charge is 2.21. The lowest BCUT2D eigenvalue weighted by atomic mass is 9.79. The van der Waals surface area contributed by atoms with E-state index in [1.54, 1.807) is 24.3 Å². The minimum atomic E-state index is -1.25. The molecular formula is C12H19BN2O3. The van der Waals surface area contributed by atoms with Crippen LogP contribution in [-0.4, -0.2) is 24.7 Å². The van der Waals surface area contributed by atoms with E-state index >= 15 is 0 Å². The average Bonchev–Trinajstić information content (AvgIpc) is 2.34. The van der Waals surface area contributed by atoms with E-state index in [2.05, 4.69) is 0 Å². The first-order valence-electron chi connectivity index (χ1n) is 6.06. The molecule has 98 valence electrons. The van der Waals surface area contributed by atoms with E-state index < -0.39 is 13.1 Å². The zero-order valence-corrected chi connectivity index (χ0v) is 10.3. The molecule has 0 aliphatic carbocycles. The highest BCUT2D eigenvalue weighted by Crippen LogP contribution is 2.02. The van der Waals surface area contributed by atoms with E-state index in [1.165, 1.54) is 0 Å². The van der Waals surface area contributed by atoms with E-state index in [0.29, 0.717) is 24.1 Å². The molecule has 5 nitrogen and oxygen atoms in total. The molecular weight excluding hydrogens is 231 g/mol. The van der Waals surface area contributed by atoms with E-state index in [-0.39, 0.29) is 0 Å². The quantitative estimate of drug-likeness (QED) is 0.360. The molecule has 0 saturated carbocycles. The SMILES string of the molecule is NCCCCCC(=O)OB(O)c1cccc(N)c1. The number of rotatable bonds is 7. The molecule has 6 heteroatoms. The molecule has 0 unspecified atom stereocenters. The molecule has 0 fully saturated rings. The van der Waals surface area contributed by atoms with Crippen molar-refractivity contribution in [2.24, 2.45) is 5.73 Å². The fraction of sp³-hybridized carbons (Fsp3) is 0.417. The van der Waals surface area contributed by atoms with Gasteiger partial charge < -0.3 is 21.1 Å². The number of unbranched alkanes of at least 4 members (excludes halogenated alkanes) is 2. The number of carbonyl (C=O) groups excluding carboxylic acids is 1. The van der Waals surface area contributed by atoms with Crippen LogP contribution < -0.4 is 16.9 Å². The summed E-state index contributed by atoms with van der Waals surface area (Å²) in [7, 11) is -1.25. The van der Waals surface area contributed by atoms with Crippen molar-refractivity contribution in [3.8, 4) is 0 Å². The number of nitrogens with two attached hydrogens (primary N) is 2. The van der Waals surface area contributed by atoms with Crippen molar-refractivity contribution in [2.45, 2.75) is 25.7 Å². The van der Waals surface area contributed by atoms with Crippen LogP contribution in [0.2, 0.25) is 0 Å². The lowest BCUT2D eigenvalue weighted by molar-refractivity contribution is -0.135. The number of benzene rings is 1. The largest absolute Gasteiger partial charge is 0.562 e. The molecule has 0 amide bonds. The normalized spacial score (nSPS) is 10.1. The molecule has 1 rings (SSSR count). The molecule has 0 saturated heterocycles. The van der Waals surface area contributed by atoms with Gasteiger partial charge in [0.05, 0.1) is 0 Å². The molecule has 0 heterocycles. The van der Waals surface area contributed by atoms with E-state index in [0.717, 1.165) is 19.3 Å². The smallest absolute Gasteiger partial charge is 0.506 e. The van der Waals surface area contributed by atoms with Crippen molar-refractivity contribution in [2.75, 3.05) is 12.3 Å². The summed E-state index contributed by atoms with van der Waals surface area (Å²) in [5.74, 6) is -0.415. The minimum absolute atomic E-state index is 0.291. The monoisotopic (exact) mass is 250 g/mol. The Hall–Kier alpha value is -1.53. The molecule has 5 N–H and O–H groups in total. The van der Waals surface area contributed by atoms with Gasteiger partial charge in [-0.15, -0.1) is 0 Å². The second kappa shape index (κ2) is 7.73. The predicted molar refractivity (Wildman–Crippen MR) is 72.1 cm³/mol. The first kappa shape index (κ1) is 14.5. The first-order valence-corrected chi connectivity index (χ1v) is 6.06. The zero-order valence-electron chi connectivity index (χ0n) is 10.3. The predicted octanol–water partition coefficient (Wildman–Crippen LogP) is 0.0186. The topological polar surface area (TPSA) is 98.6 Å². The molecule has 0 spiro atoms. The van der Waals surface area contributed by atoms with Crippen LogP contribution in [-0.2, 0) is 9.45 Å². The van der Waals surface area contributed by atoms with Crippen LogP contribution in [0.1, 0.15) is 25.7 Å². The first-order chi connectivity index (χ1) is 8.63. The zero-order chi connectivity index (χ0) is 13.4. The molecule has 1 aromatic carbocycles. The third-order valence-electron chi connectivity index (χ3n) is 2.52. The van der Waals surface area contributed by atoms with Crippen molar-refractivity contribution >= 4 is 24.2 Å². The van der Waals surface area contributed by atoms with Gasteiger partial charge in [0.15, 0.2) is 0 Å². The second-order valence-electron chi connectivity index (χ2n) is 4.11.